The van der Waals surface area contributed by atoms with Gasteiger partial charge in [-0.25, -0.2) is 9.78 Å². The fourth-order valence-corrected chi connectivity index (χ4v) is 5.35. The van der Waals surface area contributed by atoms with E-state index >= 15 is 0 Å². The van der Waals surface area contributed by atoms with E-state index in [0.717, 1.165) is 41.2 Å². The molecule has 8 heteroatoms. The average molecular weight is 470 g/mol. The Morgan fingerprint density at radius 1 is 1.10 bits per heavy atom. The minimum Gasteiger partial charge on any atom is -0.313 e. The molecule has 4 aromatic rings. The normalized spacial score (nSPS) is 13.6. The number of benzene rings is 2. The van der Waals surface area contributed by atoms with Gasteiger partial charge >= 0.3 is 5.97 Å². The summed E-state index contributed by atoms with van der Waals surface area (Å²) in [5.41, 5.74) is 4.00. The summed E-state index contributed by atoms with van der Waals surface area (Å²) in [6.07, 6.45) is 5.95. The lowest BCUT2D eigenvalue weighted by Gasteiger charge is -2.11. The molecule has 0 N–H and O–H groups in total. The second kappa shape index (κ2) is 8.46. The van der Waals surface area contributed by atoms with Crippen molar-refractivity contribution in [3.8, 4) is 11.3 Å². The van der Waals surface area contributed by atoms with Crippen LogP contribution in [0.4, 0.5) is 0 Å². The largest absolute Gasteiger partial charge is 0.367 e. The lowest BCUT2D eigenvalue weighted by Crippen LogP contribution is -2.06. The number of rotatable bonds is 4. The summed E-state index contributed by atoms with van der Waals surface area (Å²) in [7, 11) is 0. The van der Waals surface area contributed by atoms with Crippen LogP contribution in [0.1, 0.15) is 39.5 Å². The molecule has 1 aliphatic carbocycles. The third-order valence-electron chi connectivity index (χ3n) is 5.28. The predicted octanol–water partition coefficient (Wildman–Crippen LogP) is 6.44. The minimum atomic E-state index is -0.608. The van der Waals surface area contributed by atoms with Crippen molar-refractivity contribution in [2.45, 2.75) is 25.7 Å². The number of carbonyl (C=O) groups excluding carboxylic acids is 1. The van der Waals surface area contributed by atoms with Crippen LogP contribution < -0.4 is 0 Å². The summed E-state index contributed by atoms with van der Waals surface area (Å²) in [6, 6.07) is 14.2. The molecular formula is C23H17Cl2N3O2S. The summed E-state index contributed by atoms with van der Waals surface area (Å²) < 4.78 is 2.13. The number of halogens is 2. The molecular weight excluding hydrogens is 453 g/mol. The topological polar surface area (TPSA) is 56.0 Å². The third-order valence-corrected chi connectivity index (χ3v) is 7.00. The van der Waals surface area contributed by atoms with Crippen LogP contribution in [0.2, 0.25) is 10.0 Å². The van der Waals surface area contributed by atoms with Crippen molar-refractivity contribution in [2.24, 2.45) is 5.16 Å². The molecule has 5 nitrogen and oxygen atoms in total. The van der Waals surface area contributed by atoms with Crippen molar-refractivity contribution in [2.75, 3.05) is 0 Å². The standard InChI is InChI=1S/C23H17Cl2N3O2S/c24-15-11-9-14(10-12-15)21-19(13-26-30-22(29)16-5-1-2-6-17(16)25)28-18-7-3-4-8-20(18)31-23(28)27-21/h1-2,5-6,9-13H,3-4,7-8H2. The Labute approximate surface area is 192 Å². The van der Waals surface area contributed by atoms with Gasteiger partial charge in [0.05, 0.1) is 28.2 Å². The number of hydrogen-bond acceptors (Lipinski definition) is 5. The molecule has 0 fully saturated rings. The molecule has 0 spiro atoms. The maximum absolute atomic E-state index is 12.4. The summed E-state index contributed by atoms with van der Waals surface area (Å²) in [5, 5.41) is 4.98. The quantitative estimate of drug-likeness (QED) is 0.196. The number of thiazole rings is 1. The van der Waals surface area contributed by atoms with Gasteiger partial charge in [-0.05, 0) is 49.9 Å². The van der Waals surface area contributed by atoms with Crippen LogP contribution in [-0.4, -0.2) is 21.6 Å². The Morgan fingerprint density at radius 3 is 2.68 bits per heavy atom. The lowest BCUT2D eigenvalue weighted by atomic mass is 10.0. The van der Waals surface area contributed by atoms with Crippen LogP contribution in [-0.2, 0) is 17.7 Å². The first-order chi connectivity index (χ1) is 15.1. The third kappa shape index (κ3) is 3.87. The van der Waals surface area contributed by atoms with Crippen molar-refractivity contribution in [3.63, 3.8) is 0 Å². The fourth-order valence-electron chi connectivity index (χ4n) is 3.80. The van der Waals surface area contributed by atoms with Crippen LogP contribution in [0.5, 0.6) is 0 Å². The molecule has 0 unspecified atom stereocenters. The molecule has 1 aliphatic rings. The molecule has 0 amide bonds. The van der Waals surface area contributed by atoms with Gasteiger partial charge in [0.1, 0.15) is 0 Å². The van der Waals surface area contributed by atoms with Gasteiger partial charge in [-0.3, -0.25) is 4.40 Å². The molecule has 0 radical (unpaired) electrons. The van der Waals surface area contributed by atoms with E-state index in [2.05, 4.69) is 9.56 Å². The lowest BCUT2D eigenvalue weighted by molar-refractivity contribution is 0.0519. The zero-order valence-corrected chi connectivity index (χ0v) is 18.7. The maximum atomic E-state index is 12.4. The Bertz CT molecular complexity index is 1310. The van der Waals surface area contributed by atoms with Crippen molar-refractivity contribution >= 4 is 51.7 Å². The number of nitrogens with zero attached hydrogens (tertiary/aromatic N) is 3. The van der Waals surface area contributed by atoms with Crippen LogP contribution in [0.15, 0.2) is 53.7 Å². The van der Waals surface area contributed by atoms with E-state index in [1.165, 1.54) is 17.0 Å². The smallest absolute Gasteiger partial charge is 0.313 e. The molecule has 2 aromatic heterocycles. The van der Waals surface area contributed by atoms with Crippen LogP contribution in [0, 0.1) is 0 Å². The molecule has 0 bridgehead atoms. The molecule has 0 saturated carbocycles. The first-order valence-electron chi connectivity index (χ1n) is 9.90. The predicted molar refractivity (Wildman–Crippen MR) is 125 cm³/mol. The SMILES string of the molecule is O=C(ON=Cc1c(-c2ccc(Cl)cc2)nc2sc3c(n12)CCCC3)c1ccccc1Cl. The highest BCUT2D eigenvalue weighted by atomic mass is 35.5. The number of carbonyl (C=O) groups is 1. The number of aryl methyl sites for hydroxylation is 2. The van der Waals surface area contributed by atoms with Crippen molar-refractivity contribution in [3.05, 3.63) is 80.4 Å². The Balaban J connectivity index is 1.55. The second-order valence-corrected chi connectivity index (χ2v) is 9.15. The number of hydrogen-bond donors (Lipinski definition) is 0. The highest BCUT2D eigenvalue weighted by molar-refractivity contribution is 7.17. The number of aromatic nitrogens is 2. The molecule has 5 rings (SSSR count). The zero-order chi connectivity index (χ0) is 21.4. The van der Waals surface area contributed by atoms with Crippen molar-refractivity contribution in [1.82, 2.24) is 9.38 Å². The van der Waals surface area contributed by atoms with Gasteiger partial charge in [0.2, 0.25) is 0 Å². The molecule has 0 aliphatic heterocycles. The van der Waals surface area contributed by atoms with E-state index in [0.29, 0.717) is 10.0 Å². The first-order valence-corrected chi connectivity index (χ1v) is 11.5. The van der Waals surface area contributed by atoms with E-state index < -0.39 is 5.97 Å². The molecule has 0 atom stereocenters. The van der Waals surface area contributed by atoms with Crippen LogP contribution in [0.3, 0.4) is 0 Å². The van der Waals surface area contributed by atoms with Gasteiger partial charge in [-0.1, -0.05) is 52.6 Å². The Hall–Kier alpha value is -2.67. The van der Waals surface area contributed by atoms with E-state index in [1.807, 2.05) is 24.3 Å². The Kier molecular flexibility index (Phi) is 5.52. The number of fused-ring (bicyclic) bond motifs is 3. The number of imidazole rings is 1. The number of oxime groups is 1. The summed E-state index contributed by atoms with van der Waals surface area (Å²) in [4.78, 5) is 24.7. The van der Waals surface area contributed by atoms with Gasteiger partial charge in [0.15, 0.2) is 4.96 Å². The average Bonchev–Trinajstić information content (AvgIpc) is 3.31. The molecule has 0 saturated heterocycles. The highest BCUT2D eigenvalue weighted by Crippen LogP contribution is 2.34. The zero-order valence-electron chi connectivity index (χ0n) is 16.3. The summed E-state index contributed by atoms with van der Waals surface area (Å²) in [5.74, 6) is -0.608. The minimum absolute atomic E-state index is 0.269. The van der Waals surface area contributed by atoms with Gasteiger partial charge in [-0.2, -0.15) is 0 Å². The monoisotopic (exact) mass is 469 g/mol. The van der Waals surface area contributed by atoms with Crippen molar-refractivity contribution in [1.29, 1.82) is 0 Å². The summed E-state index contributed by atoms with van der Waals surface area (Å²) in [6.45, 7) is 0. The van der Waals surface area contributed by atoms with E-state index in [9.17, 15) is 4.79 Å². The van der Waals surface area contributed by atoms with Gasteiger partial charge < -0.3 is 4.84 Å². The highest BCUT2D eigenvalue weighted by Gasteiger charge is 2.23. The van der Waals surface area contributed by atoms with E-state index in [1.54, 1.807) is 41.8 Å². The van der Waals surface area contributed by atoms with Crippen molar-refractivity contribution < 1.29 is 9.63 Å². The molecule has 156 valence electrons. The van der Waals surface area contributed by atoms with Gasteiger partial charge in [-0.15, -0.1) is 11.3 Å². The van der Waals surface area contributed by atoms with Crippen LogP contribution in [0.25, 0.3) is 16.2 Å². The van der Waals surface area contributed by atoms with E-state index in [4.69, 9.17) is 33.0 Å². The van der Waals surface area contributed by atoms with Crippen LogP contribution >= 0.6 is 34.5 Å². The molecule has 2 aromatic carbocycles. The van der Waals surface area contributed by atoms with Gasteiger partial charge in [0, 0.05) is 21.2 Å². The van der Waals surface area contributed by atoms with Gasteiger partial charge in [0.25, 0.3) is 0 Å². The molecule has 2 heterocycles. The van der Waals surface area contributed by atoms with E-state index in [-0.39, 0.29) is 5.56 Å². The summed E-state index contributed by atoms with van der Waals surface area (Å²) >= 11 is 13.9. The molecule has 31 heavy (non-hydrogen) atoms. The fraction of sp³-hybridized carbons (Fsp3) is 0.174. The second-order valence-electron chi connectivity index (χ2n) is 7.24. The Morgan fingerprint density at radius 2 is 1.87 bits per heavy atom. The maximum Gasteiger partial charge on any atom is 0.367 e. The first kappa shape index (κ1) is 20.2.